The molecule has 1 aliphatic carbocycles. The molecule has 19 heavy (non-hydrogen) atoms. The summed E-state index contributed by atoms with van der Waals surface area (Å²) in [5, 5.41) is 3.28. The number of unbranched alkanes of at least 4 members (excludes halogenated alkanes) is 1. The van der Waals surface area contributed by atoms with Crippen LogP contribution in [0.2, 0.25) is 0 Å². The first kappa shape index (κ1) is 16.9. The Balaban J connectivity index is 2.19. The molecule has 0 amide bonds. The number of nitrogens with one attached hydrogen (secondary N) is 1. The average Bonchev–Trinajstić information content (AvgIpc) is 2.76. The molecule has 0 spiro atoms. The van der Waals surface area contributed by atoms with Crippen LogP contribution < -0.4 is 5.32 Å². The van der Waals surface area contributed by atoms with Crippen molar-refractivity contribution in [3.8, 4) is 0 Å². The molecule has 2 atom stereocenters. The highest BCUT2D eigenvalue weighted by atomic mass is 32.2. The Labute approximate surface area is 118 Å². The third kappa shape index (κ3) is 5.79. The van der Waals surface area contributed by atoms with Crippen LogP contribution in [0.15, 0.2) is 0 Å². The smallest absolute Gasteiger partial charge is 0.151 e. The van der Waals surface area contributed by atoms with Crippen LogP contribution in [0, 0.1) is 0 Å². The van der Waals surface area contributed by atoms with Gasteiger partial charge in [-0.2, -0.15) is 0 Å². The highest BCUT2D eigenvalue weighted by Crippen LogP contribution is 2.24. The standard InChI is InChI=1S/C14H30N2O2S/c1-12(2)16(3)11-6-5-10-15-13-8-7-9-14(13)19(4,17)18/h12-15H,5-11H2,1-4H3. The van der Waals surface area contributed by atoms with Gasteiger partial charge in [0.1, 0.15) is 0 Å². The van der Waals surface area contributed by atoms with Crippen LogP contribution in [0.3, 0.4) is 0 Å². The third-order valence-electron chi connectivity index (χ3n) is 4.23. The zero-order valence-corrected chi connectivity index (χ0v) is 13.7. The maximum absolute atomic E-state index is 11.7. The first-order valence-corrected chi connectivity index (χ1v) is 9.40. The van der Waals surface area contributed by atoms with E-state index < -0.39 is 9.84 Å². The van der Waals surface area contributed by atoms with E-state index in [1.165, 1.54) is 6.26 Å². The van der Waals surface area contributed by atoms with E-state index in [0.29, 0.717) is 6.04 Å². The van der Waals surface area contributed by atoms with Gasteiger partial charge < -0.3 is 10.2 Å². The van der Waals surface area contributed by atoms with Gasteiger partial charge in [0.15, 0.2) is 9.84 Å². The number of hydrogen-bond acceptors (Lipinski definition) is 4. The van der Waals surface area contributed by atoms with Gasteiger partial charge in [0.25, 0.3) is 0 Å². The Morgan fingerprint density at radius 1 is 1.26 bits per heavy atom. The van der Waals surface area contributed by atoms with Crippen LogP contribution in [0.5, 0.6) is 0 Å². The normalized spacial score (nSPS) is 24.5. The topological polar surface area (TPSA) is 49.4 Å². The van der Waals surface area contributed by atoms with Gasteiger partial charge in [0, 0.05) is 18.3 Å². The summed E-state index contributed by atoms with van der Waals surface area (Å²) >= 11 is 0. The summed E-state index contributed by atoms with van der Waals surface area (Å²) in [7, 11) is -0.742. The van der Waals surface area contributed by atoms with Crippen molar-refractivity contribution in [1.29, 1.82) is 0 Å². The molecular weight excluding hydrogens is 260 g/mol. The third-order valence-corrected chi connectivity index (χ3v) is 5.89. The summed E-state index contributed by atoms with van der Waals surface area (Å²) in [5.74, 6) is 0. The van der Waals surface area contributed by atoms with Gasteiger partial charge in [0.05, 0.1) is 5.25 Å². The van der Waals surface area contributed by atoms with Crippen LogP contribution >= 0.6 is 0 Å². The molecule has 0 radical (unpaired) electrons. The molecule has 4 nitrogen and oxygen atoms in total. The van der Waals surface area contributed by atoms with E-state index in [9.17, 15) is 8.42 Å². The van der Waals surface area contributed by atoms with Crippen molar-refractivity contribution in [3.05, 3.63) is 0 Å². The summed E-state index contributed by atoms with van der Waals surface area (Å²) in [5.41, 5.74) is 0. The lowest BCUT2D eigenvalue weighted by atomic mass is 10.2. The van der Waals surface area contributed by atoms with Crippen LogP contribution in [-0.2, 0) is 9.84 Å². The fourth-order valence-electron chi connectivity index (χ4n) is 2.70. The number of rotatable bonds is 8. The van der Waals surface area contributed by atoms with Crippen LogP contribution in [0.1, 0.15) is 46.0 Å². The summed E-state index contributed by atoms with van der Waals surface area (Å²) in [6, 6.07) is 0.773. The Morgan fingerprint density at radius 3 is 2.53 bits per heavy atom. The van der Waals surface area contributed by atoms with Gasteiger partial charge in [-0.1, -0.05) is 6.42 Å². The minimum atomic E-state index is -2.89. The number of hydrogen-bond donors (Lipinski definition) is 1. The van der Waals surface area contributed by atoms with Gasteiger partial charge in [0.2, 0.25) is 0 Å². The van der Waals surface area contributed by atoms with Crippen molar-refractivity contribution in [2.45, 2.75) is 63.3 Å². The first-order chi connectivity index (χ1) is 8.82. The average molecular weight is 290 g/mol. The Bertz CT molecular complexity index is 354. The highest BCUT2D eigenvalue weighted by Gasteiger charge is 2.34. The molecule has 0 heterocycles. The van der Waals surface area contributed by atoms with Crippen molar-refractivity contribution in [2.75, 3.05) is 26.4 Å². The molecular formula is C14H30N2O2S. The first-order valence-electron chi connectivity index (χ1n) is 7.45. The minimum Gasteiger partial charge on any atom is -0.313 e. The molecule has 0 aromatic carbocycles. The van der Waals surface area contributed by atoms with E-state index in [0.717, 1.165) is 45.2 Å². The lowest BCUT2D eigenvalue weighted by Gasteiger charge is -2.22. The second kappa shape index (κ2) is 7.60. The Hall–Kier alpha value is -0.130. The van der Waals surface area contributed by atoms with E-state index >= 15 is 0 Å². The summed E-state index contributed by atoms with van der Waals surface area (Å²) < 4.78 is 23.3. The van der Waals surface area contributed by atoms with Gasteiger partial charge in [-0.25, -0.2) is 8.42 Å². The highest BCUT2D eigenvalue weighted by molar-refractivity contribution is 7.91. The molecule has 1 saturated carbocycles. The van der Waals surface area contributed by atoms with Crippen molar-refractivity contribution in [3.63, 3.8) is 0 Å². The predicted molar refractivity (Wildman–Crippen MR) is 81.3 cm³/mol. The molecule has 0 bridgehead atoms. The van der Waals surface area contributed by atoms with Gasteiger partial charge >= 0.3 is 0 Å². The van der Waals surface area contributed by atoms with Gasteiger partial charge in [-0.15, -0.1) is 0 Å². The summed E-state index contributed by atoms with van der Waals surface area (Å²) in [6.45, 7) is 6.45. The molecule has 114 valence electrons. The molecule has 2 unspecified atom stereocenters. The molecule has 0 aromatic rings. The maximum atomic E-state index is 11.7. The summed E-state index contributed by atoms with van der Waals surface area (Å²) in [6.07, 6.45) is 6.51. The second-order valence-corrected chi connectivity index (χ2v) is 8.41. The van der Waals surface area contributed by atoms with Crippen molar-refractivity contribution < 1.29 is 8.42 Å². The van der Waals surface area contributed by atoms with Gasteiger partial charge in [-0.05, 0) is 59.7 Å². The van der Waals surface area contributed by atoms with Crippen LogP contribution in [-0.4, -0.2) is 57.0 Å². The molecule has 5 heteroatoms. The predicted octanol–water partition coefficient (Wildman–Crippen LogP) is 1.66. The lowest BCUT2D eigenvalue weighted by molar-refractivity contribution is 0.267. The fraction of sp³-hybridized carbons (Fsp3) is 1.00. The molecule has 1 aliphatic rings. The van der Waals surface area contributed by atoms with Gasteiger partial charge in [-0.3, -0.25) is 0 Å². The number of nitrogens with zero attached hydrogens (tertiary/aromatic N) is 1. The fourth-order valence-corrected chi connectivity index (χ4v) is 4.13. The minimum absolute atomic E-state index is 0.161. The van der Waals surface area contributed by atoms with Crippen LogP contribution in [0.4, 0.5) is 0 Å². The Kier molecular flexibility index (Phi) is 6.77. The zero-order valence-electron chi connectivity index (χ0n) is 12.9. The molecule has 0 saturated heterocycles. The monoisotopic (exact) mass is 290 g/mol. The lowest BCUT2D eigenvalue weighted by Crippen LogP contribution is -2.40. The quantitative estimate of drug-likeness (QED) is 0.691. The largest absolute Gasteiger partial charge is 0.313 e. The Morgan fingerprint density at radius 2 is 1.95 bits per heavy atom. The zero-order chi connectivity index (χ0) is 14.5. The van der Waals surface area contributed by atoms with E-state index in [-0.39, 0.29) is 11.3 Å². The molecule has 1 rings (SSSR count). The van der Waals surface area contributed by atoms with E-state index in [1.807, 2.05) is 0 Å². The van der Waals surface area contributed by atoms with Crippen LogP contribution in [0.25, 0.3) is 0 Å². The SMILES string of the molecule is CC(C)N(C)CCCCNC1CCCC1S(C)(=O)=O. The van der Waals surface area contributed by atoms with Crippen molar-refractivity contribution in [1.82, 2.24) is 10.2 Å². The molecule has 1 N–H and O–H groups in total. The number of sulfone groups is 1. The van der Waals surface area contributed by atoms with E-state index in [2.05, 4.69) is 31.1 Å². The molecule has 0 aromatic heterocycles. The van der Waals surface area contributed by atoms with E-state index in [4.69, 9.17) is 0 Å². The van der Waals surface area contributed by atoms with Crippen molar-refractivity contribution in [2.24, 2.45) is 0 Å². The van der Waals surface area contributed by atoms with Crippen molar-refractivity contribution >= 4 is 9.84 Å². The second-order valence-electron chi connectivity index (χ2n) is 6.14. The molecule has 0 aliphatic heterocycles. The van der Waals surface area contributed by atoms with E-state index in [1.54, 1.807) is 0 Å². The maximum Gasteiger partial charge on any atom is 0.151 e. The molecule has 1 fully saturated rings. The summed E-state index contributed by atoms with van der Waals surface area (Å²) in [4.78, 5) is 2.34.